The van der Waals surface area contributed by atoms with Gasteiger partial charge in [-0.2, -0.15) is 5.26 Å². The minimum Gasteiger partial charge on any atom is -0.369 e. The van der Waals surface area contributed by atoms with E-state index in [-0.39, 0.29) is 0 Å². The van der Waals surface area contributed by atoms with Crippen LogP contribution in [-0.2, 0) is 0 Å². The monoisotopic (exact) mass is 243 g/mol. The molecule has 1 fully saturated rings. The highest BCUT2D eigenvalue weighted by atomic mass is 15.3. The number of nitriles is 1. The molecule has 0 unspecified atom stereocenters. The van der Waals surface area contributed by atoms with Crippen molar-refractivity contribution in [3.8, 4) is 6.07 Å². The van der Waals surface area contributed by atoms with Crippen LogP contribution in [0.3, 0.4) is 0 Å². The van der Waals surface area contributed by atoms with Crippen LogP contribution in [0.1, 0.15) is 13.3 Å². The zero-order valence-electron chi connectivity index (χ0n) is 11.0. The van der Waals surface area contributed by atoms with E-state index >= 15 is 0 Å². The fourth-order valence-electron chi connectivity index (χ4n) is 2.49. The Labute approximate surface area is 110 Å². The third-order valence-corrected chi connectivity index (χ3v) is 3.50. The van der Waals surface area contributed by atoms with Crippen molar-refractivity contribution in [1.82, 2.24) is 4.90 Å². The van der Waals surface area contributed by atoms with Crippen LogP contribution in [0.25, 0.3) is 0 Å². The number of benzene rings is 1. The number of hydrogen-bond acceptors (Lipinski definition) is 3. The molecule has 1 aromatic rings. The zero-order chi connectivity index (χ0) is 12.8. The summed E-state index contributed by atoms with van der Waals surface area (Å²) >= 11 is 0. The normalized spacial score (nSPS) is 18.3. The highest BCUT2D eigenvalue weighted by Gasteiger charge is 2.18. The molecule has 0 aliphatic carbocycles. The largest absolute Gasteiger partial charge is 0.369 e. The van der Waals surface area contributed by atoms with Crippen molar-refractivity contribution in [3.63, 3.8) is 0 Å². The van der Waals surface area contributed by atoms with E-state index in [1.165, 1.54) is 5.69 Å². The molecule has 0 aromatic heterocycles. The smallest absolute Gasteiger partial charge is 0.0625 e. The molecule has 2 rings (SSSR count). The average molecular weight is 243 g/mol. The van der Waals surface area contributed by atoms with Gasteiger partial charge in [0.15, 0.2) is 0 Å². The van der Waals surface area contributed by atoms with Crippen LogP contribution in [0, 0.1) is 17.2 Å². The number of nitrogens with zero attached hydrogens (tertiary/aromatic N) is 3. The Balaban J connectivity index is 1.80. The Morgan fingerprint density at radius 1 is 1.17 bits per heavy atom. The van der Waals surface area contributed by atoms with Gasteiger partial charge in [0.25, 0.3) is 0 Å². The molecule has 0 spiro atoms. The lowest BCUT2D eigenvalue weighted by atomic mass is 10.1. The van der Waals surface area contributed by atoms with E-state index in [0.717, 1.165) is 32.7 Å². The van der Waals surface area contributed by atoms with Gasteiger partial charge in [-0.05, 0) is 18.1 Å². The van der Waals surface area contributed by atoms with Gasteiger partial charge >= 0.3 is 0 Å². The highest BCUT2D eigenvalue weighted by Crippen LogP contribution is 2.16. The molecule has 1 aliphatic heterocycles. The van der Waals surface area contributed by atoms with Gasteiger partial charge in [-0.3, -0.25) is 4.90 Å². The predicted molar refractivity (Wildman–Crippen MR) is 74.5 cm³/mol. The van der Waals surface area contributed by atoms with Crippen molar-refractivity contribution in [1.29, 1.82) is 5.26 Å². The van der Waals surface area contributed by atoms with Gasteiger partial charge in [-0.1, -0.05) is 25.1 Å². The highest BCUT2D eigenvalue weighted by molar-refractivity contribution is 5.46. The molecule has 0 radical (unpaired) electrons. The Hall–Kier alpha value is -1.53. The minimum absolute atomic E-state index is 0.485. The molecule has 96 valence electrons. The SMILES string of the molecule is C[C@@H](CC#N)CN1CCN(c2ccccc2)CC1. The van der Waals surface area contributed by atoms with Gasteiger partial charge in [0.05, 0.1) is 6.07 Å². The van der Waals surface area contributed by atoms with Gasteiger partial charge < -0.3 is 4.90 Å². The van der Waals surface area contributed by atoms with E-state index < -0.39 is 0 Å². The summed E-state index contributed by atoms with van der Waals surface area (Å²) in [4.78, 5) is 4.91. The third kappa shape index (κ3) is 3.48. The molecule has 1 aliphatic rings. The van der Waals surface area contributed by atoms with Crippen LogP contribution in [-0.4, -0.2) is 37.6 Å². The number of anilines is 1. The van der Waals surface area contributed by atoms with Crippen molar-refractivity contribution in [3.05, 3.63) is 30.3 Å². The van der Waals surface area contributed by atoms with Gasteiger partial charge in [-0.15, -0.1) is 0 Å². The first-order chi connectivity index (χ1) is 8.79. The van der Waals surface area contributed by atoms with E-state index in [2.05, 4.69) is 53.1 Å². The third-order valence-electron chi connectivity index (χ3n) is 3.50. The van der Waals surface area contributed by atoms with Crippen molar-refractivity contribution in [2.24, 2.45) is 5.92 Å². The molecule has 18 heavy (non-hydrogen) atoms. The number of hydrogen-bond donors (Lipinski definition) is 0. The Bertz CT molecular complexity index is 388. The number of rotatable bonds is 4. The van der Waals surface area contributed by atoms with Crippen LogP contribution in [0.2, 0.25) is 0 Å². The van der Waals surface area contributed by atoms with Crippen LogP contribution in [0.15, 0.2) is 30.3 Å². The molecule has 1 heterocycles. The lowest BCUT2D eigenvalue weighted by Crippen LogP contribution is -2.47. The summed E-state index contributed by atoms with van der Waals surface area (Å²) in [7, 11) is 0. The van der Waals surface area contributed by atoms with E-state index in [1.807, 2.05) is 0 Å². The van der Waals surface area contributed by atoms with E-state index in [1.54, 1.807) is 0 Å². The topological polar surface area (TPSA) is 30.3 Å². The first kappa shape index (κ1) is 12.9. The van der Waals surface area contributed by atoms with Crippen LogP contribution in [0.4, 0.5) is 5.69 Å². The summed E-state index contributed by atoms with van der Waals surface area (Å²) in [6.45, 7) is 7.59. The minimum atomic E-state index is 0.485. The second-order valence-corrected chi connectivity index (χ2v) is 5.09. The number of piperazine rings is 1. The van der Waals surface area contributed by atoms with E-state index in [0.29, 0.717) is 12.3 Å². The fourth-order valence-corrected chi connectivity index (χ4v) is 2.49. The van der Waals surface area contributed by atoms with Gasteiger partial charge in [-0.25, -0.2) is 0 Å². The van der Waals surface area contributed by atoms with Gasteiger partial charge in [0.2, 0.25) is 0 Å². The van der Waals surface area contributed by atoms with Crippen molar-refractivity contribution in [2.45, 2.75) is 13.3 Å². The first-order valence-electron chi connectivity index (χ1n) is 6.69. The molecule has 0 saturated carbocycles. The summed E-state index contributed by atoms with van der Waals surface area (Å²) in [6, 6.07) is 12.9. The molecule has 0 N–H and O–H groups in total. The van der Waals surface area contributed by atoms with Gasteiger partial charge in [0, 0.05) is 44.8 Å². The molecule has 1 atom stereocenters. The summed E-state index contributed by atoms with van der Waals surface area (Å²) in [5, 5.41) is 8.68. The quantitative estimate of drug-likeness (QED) is 0.813. The number of para-hydroxylation sites is 1. The molecule has 1 aromatic carbocycles. The van der Waals surface area contributed by atoms with Crippen molar-refractivity contribution >= 4 is 5.69 Å². The molecule has 3 heteroatoms. The molecular weight excluding hydrogens is 222 g/mol. The van der Waals surface area contributed by atoms with E-state index in [4.69, 9.17) is 5.26 Å². The standard InChI is InChI=1S/C15H21N3/c1-14(7-8-16)13-17-9-11-18(12-10-17)15-5-3-2-4-6-15/h2-6,14H,7,9-13H2,1H3/t14-/m0/s1. The Morgan fingerprint density at radius 3 is 2.44 bits per heavy atom. The fraction of sp³-hybridized carbons (Fsp3) is 0.533. The second-order valence-electron chi connectivity index (χ2n) is 5.09. The average Bonchev–Trinajstić information content (AvgIpc) is 2.41. The summed E-state index contributed by atoms with van der Waals surface area (Å²) in [5.41, 5.74) is 1.32. The van der Waals surface area contributed by atoms with E-state index in [9.17, 15) is 0 Å². The maximum absolute atomic E-state index is 8.68. The molecule has 0 amide bonds. The van der Waals surface area contributed by atoms with Crippen LogP contribution >= 0.6 is 0 Å². The molecule has 0 bridgehead atoms. The Morgan fingerprint density at radius 2 is 1.83 bits per heavy atom. The van der Waals surface area contributed by atoms with Crippen LogP contribution in [0.5, 0.6) is 0 Å². The Kier molecular flexibility index (Phi) is 4.60. The van der Waals surface area contributed by atoms with Crippen molar-refractivity contribution in [2.75, 3.05) is 37.6 Å². The second kappa shape index (κ2) is 6.42. The van der Waals surface area contributed by atoms with Crippen molar-refractivity contribution < 1.29 is 0 Å². The molecular formula is C15H21N3. The summed E-state index contributed by atoms with van der Waals surface area (Å²) in [5.74, 6) is 0.485. The lowest BCUT2D eigenvalue weighted by molar-refractivity contribution is 0.226. The predicted octanol–water partition coefficient (Wildman–Crippen LogP) is 2.36. The lowest BCUT2D eigenvalue weighted by Gasteiger charge is -2.37. The maximum atomic E-state index is 8.68. The maximum Gasteiger partial charge on any atom is 0.0625 e. The summed E-state index contributed by atoms with van der Waals surface area (Å²) in [6.07, 6.45) is 0.666. The molecule has 3 nitrogen and oxygen atoms in total. The van der Waals surface area contributed by atoms with Gasteiger partial charge in [0.1, 0.15) is 0 Å². The first-order valence-corrected chi connectivity index (χ1v) is 6.69. The zero-order valence-corrected chi connectivity index (χ0v) is 11.0. The van der Waals surface area contributed by atoms with Crippen LogP contribution < -0.4 is 4.90 Å². The molecule has 1 saturated heterocycles. The summed E-state index contributed by atoms with van der Waals surface area (Å²) < 4.78 is 0.